The number of aromatic nitrogens is 1. The Labute approximate surface area is 174 Å². The Morgan fingerprint density at radius 3 is 2.67 bits per heavy atom. The van der Waals surface area contributed by atoms with Crippen molar-refractivity contribution in [1.29, 1.82) is 0 Å². The van der Waals surface area contributed by atoms with Gasteiger partial charge in [-0.25, -0.2) is 4.98 Å². The van der Waals surface area contributed by atoms with Gasteiger partial charge >= 0.3 is 0 Å². The van der Waals surface area contributed by atoms with Gasteiger partial charge in [-0.05, 0) is 36.4 Å². The van der Waals surface area contributed by atoms with Gasteiger partial charge in [0, 0.05) is 17.1 Å². The van der Waals surface area contributed by atoms with Gasteiger partial charge in [0.25, 0.3) is 0 Å². The third-order valence-electron chi connectivity index (χ3n) is 3.51. The molecule has 5 nitrogen and oxygen atoms in total. The minimum absolute atomic E-state index is 0.0361. The number of hydrogen-bond donors (Lipinski definition) is 2. The van der Waals surface area contributed by atoms with Gasteiger partial charge in [0.1, 0.15) is 0 Å². The van der Waals surface area contributed by atoms with Crippen LogP contribution in [0.25, 0.3) is 10.2 Å². The third kappa shape index (κ3) is 5.35. The zero-order valence-corrected chi connectivity index (χ0v) is 17.4. The lowest BCUT2D eigenvalue weighted by atomic mass is 10.3. The van der Waals surface area contributed by atoms with Crippen LogP contribution >= 0.6 is 46.3 Å². The molecule has 3 rings (SSSR count). The molecule has 0 aliphatic rings. The van der Waals surface area contributed by atoms with Gasteiger partial charge in [0.15, 0.2) is 4.34 Å². The lowest BCUT2D eigenvalue weighted by Crippen LogP contribution is -2.14. The van der Waals surface area contributed by atoms with Crippen LogP contribution in [0.4, 0.5) is 11.4 Å². The first-order valence-corrected chi connectivity index (χ1v) is 10.6. The van der Waals surface area contributed by atoms with E-state index in [0.29, 0.717) is 22.2 Å². The van der Waals surface area contributed by atoms with Gasteiger partial charge in [0.05, 0.1) is 26.7 Å². The van der Waals surface area contributed by atoms with Crippen LogP contribution in [0.15, 0.2) is 40.7 Å². The number of amides is 2. The van der Waals surface area contributed by atoms with Crippen LogP contribution in [0.2, 0.25) is 10.0 Å². The van der Waals surface area contributed by atoms with Gasteiger partial charge in [0.2, 0.25) is 11.8 Å². The second kappa shape index (κ2) is 8.93. The highest BCUT2D eigenvalue weighted by Crippen LogP contribution is 2.32. The van der Waals surface area contributed by atoms with E-state index < -0.39 is 0 Å². The number of carbonyl (C=O) groups excluding carboxylic acids is 2. The molecular formula is C18H15Cl2N3O2S2. The minimum atomic E-state index is -0.181. The first kappa shape index (κ1) is 19.9. The van der Waals surface area contributed by atoms with E-state index in [1.54, 1.807) is 25.1 Å². The highest BCUT2D eigenvalue weighted by molar-refractivity contribution is 8.01. The average Bonchev–Trinajstić information content (AvgIpc) is 3.04. The number of thiazole rings is 1. The van der Waals surface area contributed by atoms with Crippen molar-refractivity contribution in [2.45, 2.75) is 17.7 Å². The van der Waals surface area contributed by atoms with E-state index in [9.17, 15) is 9.59 Å². The molecule has 0 saturated heterocycles. The molecule has 0 spiro atoms. The summed E-state index contributed by atoms with van der Waals surface area (Å²) in [5.74, 6) is -0.0107. The van der Waals surface area contributed by atoms with Crippen LogP contribution < -0.4 is 10.6 Å². The van der Waals surface area contributed by atoms with Crippen LogP contribution in [0.1, 0.15) is 13.3 Å². The zero-order valence-electron chi connectivity index (χ0n) is 14.2. The van der Waals surface area contributed by atoms with E-state index in [1.807, 2.05) is 18.2 Å². The molecule has 2 amide bonds. The first-order valence-electron chi connectivity index (χ1n) is 8.02. The molecule has 0 aliphatic carbocycles. The number of carbonyl (C=O) groups is 2. The molecule has 0 bridgehead atoms. The van der Waals surface area contributed by atoms with Crippen molar-refractivity contribution in [3.8, 4) is 0 Å². The summed E-state index contributed by atoms with van der Waals surface area (Å²) in [7, 11) is 0. The van der Waals surface area contributed by atoms with Crippen molar-refractivity contribution in [2.75, 3.05) is 16.4 Å². The fourth-order valence-electron chi connectivity index (χ4n) is 2.20. The molecule has 0 fully saturated rings. The predicted octanol–water partition coefficient (Wildman–Crippen LogP) is 5.68. The Morgan fingerprint density at radius 1 is 1.11 bits per heavy atom. The topological polar surface area (TPSA) is 71.1 Å². The van der Waals surface area contributed by atoms with Gasteiger partial charge in [-0.2, -0.15) is 0 Å². The molecule has 0 atom stereocenters. The summed E-state index contributed by atoms with van der Waals surface area (Å²) in [6.07, 6.45) is 0.425. The van der Waals surface area contributed by atoms with Crippen molar-refractivity contribution in [2.24, 2.45) is 0 Å². The lowest BCUT2D eigenvalue weighted by molar-refractivity contribution is -0.116. The van der Waals surface area contributed by atoms with Crippen molar-refractivity contribution < 1.29 is 9.59 Å². The van der Waals surface area contributed by atoms with E-state index in [4.69, 9.17) is 23.2 Å². The SMILES string of the molecule is CCC(=O)Nc1ccc2nc(SCC(=O)Nc3ccc(Cl)cc3Cl)sc2c1. The zero-order chi connectivity index (χ0) is 19.4. The number of hydrogen-bond acceptors (Lipinski definition) is 5. The van der Waals surface area contributed by atoms with E-state index in [1.165, 1.54) is 23.1 Å². The maximum Gasteiger partial charge on any atom is 0.234 e. The largest absolute Gasteiger partial charge is 0.326 e. The first-order chi connectivity index (χ1) is 12.9. The van der Waals surface area contributed by atoms with Gasteiger partial charge < -0.3 is 10.6 Å². The molecule has 0 saturated carbocycles. The Morgan fingerprint density at radius 2 is 1.93 bits per heavy atom. The van der Waals surface area contributed by atoms with Gasteiger partial charge in [-0.1, -0.05) is 41.9 Å². The molecule has 1 aromatic heterocycles. The van der Waals surface area contributed by atoms with Crippen LogP contribution in [0, 0.1) is 0 Å². The van der Waals surface area contributed by atoms with Crippen molar-refractivity contribution >= 4 is 79.7 Å². The lowest BCUT2D eigenvalue weighted by Gasteiger charge is -2.06. The number of benzene rings is 2. The summed E-state index contributed by atoms with van der Waals surface area (Å²) in [4.78, 5) is 28.2. The number of anilines is 2. The normalized spacial score (nSPS) is 10.8. The summed E-state index contributed by atoms with van der Waals surface area (Å²) < 4.78 is 1.73. The number of nitrogens with one attached hydrogen (secondary N) is 2. The van der Waals surface area contributed by atoms with Crippen molar-refractivity contribution in [1.82, 2.24) is 4.98 Å². The van der Waals surface area contributed by atoms with E-state index in [0.717, 1.165) is 20.2 Å². The third-order valence-corrected chi connectivity index (χ3v) is 6.21. The highest BCUT2D eigenvalue weighted by atomic mass is 35.5. The Balaban J connectivity index is 1.62. The van der Waals surface area contributed by atoms with Crippen LogP contribution in [0.5, 0.6) is 0 Å². The Kier molecular flexibility index (Phi) is 6.59. The molecule has 2 aromatic carbocycles. The highest BCUT2D eigenvalue weighted by Gasteiger charge is 2.11. The number of halogens is 2. The summed E-state index contributed by atoms with van der Waals surface area (Å²) in [5, 5.41) is 6.49. The molecular weight excluding hydrogens is 425 g/mol. The number of fused-ring (bicyclic) bond motifs is 1. The standard InChI is InChI=1S/C18H15Cl2N3O2S2/c1-2-16(24)21-11-4-6-14-15(8-11)27-18(23-14)26-9-17(25)22-13-5-3-10(19)7-12(13)20/h3-8H,2,9H2,1H3,(H,21,24)(H,22,25). The second-order valence-corrected chi connectivity index (χ2v) is 8.62. The maximum atomic E-state index is 12.2. The number of nitrogens with zero attached hydrogens (tertiary/aromatic N) is 1. The van der Waals surface area contributed by atoms with Crippen LogP contribution in [0.3, 0.4) is 0 Å². The average molecular weight is 440 g/mol. The maximum absolute atomic E-state index is 12.2. The Bertz CT molecular complexity index is 1010. The Hall–Kier alpha value is -1.80. The van der Waals surface area contributed by atoms with Crippen molar-refractivity contribution in [3.05, 3.63) is 46.4 Å². The summed E-state index contributed by atoms with van der Waals surface area (Å²) in [5.41, 5.74) is 2.09. The molecule has 9 heteroatoms. The summed E-state index contributed by atoms with van der Waals surface area (Å²) in [6.45, 7) is 1.80. The predicted molar refractivity (Wildman–Crippen MR) is 114 cm³/mol. The molecule has 140 valence electrons. The molecule has 0 unspecified atom stereocenters. The van der Waals surface area contributed by atoms with Crippen LogP contribution in [-0.2, 0) is 9.59 Å². The van der Waals surface area contributed by atoms with Gasteiger partial charge in [-0.3, -0.25) is 9.59 Å². The molecule has 27 heavy (non-hydrogen) atoms. The minimum Gasteiger partial charge on any atom is -0.326 e. The van der Waals surface area contributed by atoms with E-state index >= 15 is 0 Å². The quantitative estimate of drug-likeness (QED) is 0.484. The fourth-order valence-corrected chi connectivity index (χ4v) is 4.56. The van der Waals surface area contributed by atoms with Crippen molar-refractivity contribution in [3.63, 3.8) is 0 Å². The summed E-state index contributed by atoms with van der Waals surface area (Å²) >= 11 is 14.7. The van der Waals surface area contributed by atoms with E-state index in [2.05, 4.69) is 15.6 Å². The molecule has 0 radical (unpaired) electrons. The van der Waals surface area contributed by atoms with E-state index in [-0.39, 0.29) is 17.6 Å². The molecule has 3 aromatic rings. The smallest absolute Gasteiger partial charge is 0.234 e. The molecule has 1 heterocycles. The monoisotopic (exact) mass is 439 g/mol. The summed E-state index contributed by atoms with van der Waals surface area (Å²) in [6, 6.07) is 10.5. The van der Waals surface area contributed by atoms with Gasteiger partial charge in [-0.15, -0.1) is 11.3 Å². The second-order valence-electron chi connectivity index (χ2n) is 5.53. The number of thioether (sulfide) groups is 1. The fraction of sp³-hybridized carbons (Fsp3) is 0.167. The number of rotatable bonds is 6. The molecule has 2 N–H and O–H groups in total. The molecule has 0 aliphatic heterocycles. The van der Waals surface area contributed by atoms with Crippen LogP contribution in [-0.4, -0.2) is 22.6 Å².